The van der Waals surface area contributed by atoms with E-state index in [-0.39, 0.29) is 22.7 Å². The number of nitrogen functional groups attached to an aromatic ring is 2. The SMILES string of the molecule is CS(C)=O.CS(C)=O.Nc1ccc(/C=N/N=C/c2ccc(N)c([N+](=O)[O-])c2)cc1[N+](=O)[O-]. The van der Waals surface area contributed by atoms with Gasteiger partial charge in [-0.25, -0.2) is 0 Å². The second-order valence-corrected chi connectivity index (χ2v) is 9.09. The zero-order chi connectivity index (χ0) is 24.8. The molecule has 0 fully saturated rings. The molecule has 2 rings (SSSR count). The maximum Gasteiger partial charge on any atom is 0.292 e. The summed E-state index contributed by atoms with van der Waals surface area (Å²) < 4.78 is 19.1. The molecule has 12 nitrogen and oxygen atoms in total. The summed E-state index contributed by atoms with van der Waals surface area (Å²) in [5.74, 6) is 0. The van der Waals surface area contributed by atoms with Crippen LogP contribution in [0.4, 0.5) is 22.7 Å². The van der Waals surface area contributed by atoms with Crippen LogP contribution in [0.5, 0.6) is 0 Å². The van der Waals surface area contributed by atoms with E-state index in [2.05, 4.69) is 10.2 Å². The predicted octanol–water partition coefficient (Wildman–Crippen LogP) is 2.11. The van der Waals surface area contributed by atoms with Crippen molar-refractivity contribution in [1.29, 1.82) is 0 Å². The van der Waals surface area contributed by atoms with Crippen LogP contribution in [0.2, 0.25) is 0 Å². The minimum absolute atomic E-state index is 0.0508. The molecule has 32 heavy (non-hydrogen) atoms. The van der Waals surface area contributed by atoms with Crippen LogP contribution in [-0.2, 0) is 21.6 Å². The second kappa shape index (κ2) is 14.5. The Morgan fingerprint density at radius 1 is 0.750 bits per heavy atom. The van der Waals surface area contributed by atoms with Gasteiger partial charge in [-0.05, 0) is 12.1 Å². The molecule has 0 heterocycles. The van der Waals surface area contributed by atoms with E-state index in [0.29, 0.717) is 11.1 Å². The topological polar surface area (TPSA) is 197 Å². The van der Waals surface area contributed by atoms with Gasteiger partial charge in [-0.15, -0.1) is 0 Å². The molecule has 2 aromatic rings. The van der Waals surface area contributed by atoms with Crippen LogP contribution in [-0.4, -0.2) is 55.7 Å². The zero-order valence-electron chi connectivity index (χ0n) is 17.8. The van der Waals surface area contributed by atoms with Gasteiger partial charge in [0.1, 0.15) is 11.4 Å². The molecule has 0 aliphatic heterocycles. The molecule has 4 N–H and O–H groups in total. The Morgan fingerprint density at radius 3 is 1.28 bits per heavy atom. The standard InChI is InChI=1S/C14H12N6O4.2C2H6OS/c15-11-3-1-9(5-13(11)19(21)22)7-17-18-8-10-2-4-12(16)14(6-10)20(23)24;2*1-4(2)3/h1-8H,15-16H2;2*1-2H3/b17-7+,18-8+;;. The Balaban J connectivity index is 0.00000104. The van der Waals surface area contributed by atoms with E-state index in [1.54, 1.807) is 37.2 Å². The quantitative estimate of drug-likeness (QED) is 0.278. The third-order valence-electron chi connectivity index (χ3n) is 2.98. The molecule has 0 saturated carbocycles. The first-order chi connectivity index (χ1) is 14.8. The zero-order valence-corrected chi connectivity index (χ0v) is 19.5. The summed E-state index contributed by atoms with van der Waals surface area (Å²) in [7, 11) is -1.22. The lowest BCUT2D eigenvalue weighted by atomic mass is 10.2. The van der Waals surface area contributed by atoms with Crippen LogP contribution in [0.1, 0.15) is 11.1 Å². The number of nitrogens with zero attached hydrogens (tertiary/aromatic N) is 4. The van der Waals surface area contributed by atoms with Crippen molar-refractivity contribution in [1.82, 2.24) is 0 Å². The lowest BCUT2D eigenvalue weighted by Gasteiger charge is -1.98. The lowest BCUT2D eigenvalue weighted by Crippen LogP contribution is -1.97. The molecule has 0 aliphatic rings. The van der Waals surface area contributed by atoms with E-state index in [1.165, 1.54) is 36.7 Å². The molecular formula is C18H24N6O6S2. The first-order valence-electron chi connectivity index (χ1n) is 8.49. The summed E-state index contributed by atoms with van der Waals surface area (Å²) >= 11 is 0. The van der Waals surface area contributed by atoms with Crippen LogP contribution < -0.4 is 11.5 Å². The van der Waals surface area contributed by atoms with Crippen molar-refractivity contribution in [2.24, 2.45) is 10.2 Å². The largest absolute Gasteiger partial charge is 0.393 e. The fraction of sp³-hybridized carbons (Fsp3) is 0.222. The molecule has 0 atom stereocenters. The minimum atomic E-state index is -0.611. The Kier molecular flexibility index (Phi) is 12.9. The van der Waals surface area contributed by atoms with Gasteiger partial charge >= 0.3 is 0 Å². The average Bonchev–Trinajstić information content (AvgIpc) is 2.66. The number of nitrogens with two attached hydrogens (primary N) is 2. The lowest BCUT2D eigenvalue weighted by molar-refractivity contribution is -0.384. The van der Waals surface area contributed by atoms with E-state index in [4.69, 9.17) is 11.5 Å². The van der Waals surface area contributed by atoms with Crippen molar-refractivity contribution >= 4 is 56.8 Å². The highest BCUT2D eigenvalue weighted by Gasteiger charge is 2.11. The van der Waals surface area contributed by atoms with Gasteiger partial charge in [0, 0.05) is 69.9 Å². The maximum atomic E-state index is 10.8. The van der Waals surface area contributed by atoms with E-state index in [0.717, 1.165) is 0 Å². The van der Waals surface area contributed by atoms with Crippen molar-refractivity contribution in [3.63, 3.8) is 0 Å². The van der Waals surface area contributed by atoms with Crippen LogP contribution >= 0.6 is 0 Å². The van der Waals surface area contributed by atoms with E-state index in [1.807, 2.05) is 0 Å². The number of nitro benzene ring substituents is 2. The summed E-state index contributed by atoms with van der Waals surface area (Å²) in [6.07, 6.45) is 9.16. The van der Waals surface area contributed by atoms with Gasteiger partial charge in [-0.3, -0.25) is 28.6 Å². The number of hydrogen-bond donors (Lipinski definition) is 2. The van der Waals surface area contributed by atoms with Crippen LogP contribution in [0.15, 0.2) is 46.6 Å². The molecule has 0 amide bonds. The molecule has 0 bridgehead atoms. The van der Waals surface area contributed by atoms with Crippen molar-refractivity contribution < 1.29 is 18.3 Å². The van der Waals surface area contributed by atoms with Gasteiger partial charge in [0.15, 0.2) is 0 Å². The molecule has 0 unspecified atom stereocenters. The van der Waals surface area contributed by atoms with Crippen molar-refractivity contribution in [3.8, 4) is 0 Å². The Morgan fingerprint density at radius 2 is 1.03 bits per heavy atom. The number of anilines is 2. The average molecular weight is 485 g/mol. The highest BCUT2D eigenvalue weighted by Crippen LogP contribution is 2.22. The Bertz CT molecular complexity index is 967. The molecule has 0 radical (unpaired) electrons. The predicted molar refractivity (Wildman–Crippen MR) is 130 cm³/mol. The summed E-state index contributed by atoms with van der Waals surface area (Å²) in [5, 5.41) is 29.1. The first-order valence-corrected chi connectivity index (χ1v) is 12.4. The normalized spacial score (nSPS) is 10.6. The third-order valence-corrected chi connectivity index (χ3v) is 2.98. The number of nitro groups is 2. The number of hydrogen-bond acceptors (Lipinski definition) is 10. The van der Waals surface area contributed by atoms with Crippen LogP contribution in [0.25, 0.3) is 0 Å². The van der Waals surface area contributed by atoms with Gasteiger partial charge in [-0.1, -0.05) is 12.1 Å². The van der Waals surface area contributed by atoms with Gasteiger partial charge in [-0.2, -0.15) is 10.2 Å². The summed E-state index contributed by atoms with van der Waals surface area (Å²) in [4.78, 5) is 20.4. The third kappa shape index (κ3) is 12.2. The smallest absolute Gasteiger partial charge is 0.292 e. The maximum absolute atomic E-state index is 10.8. The molecule has 0 aromatic heterocycles. The molecular weight excluding hydrogens is 460 g/mol. The van der Waals surface area contributed by atoms with Gasteiger partial charge in [0.2, 0.25) is 0 Å². The Labute approximate surface area is 189 Å². The second-order valence-electron chi connectivity index (χ2n) is 6.12. The fourth-order valence-electron chi connectivity index (χ4n) is 1.80. The summed E-state index contributed by atoms with van der Waals surface area (Å²) in [5.41, 5.74) is 11.5. The van der Waals surface area contributed by atoms with Crippen LogP contribution in [0, 0.1) is 20.2 Å². The molecule has 14 heteroatoms. The number of rotatable bonds is 5. The molecule has 0 spiro atoms. The van der Waals surface area contributed by atoms with Crippen molar-refractivity contribution in [3.05, 3.63) is 67.8 Å². The highest BCUT2D eigenvalue weighted by atomic mass is 32.2. The van der Waals surface area contributed by atoms with E-state index in [9.17, 15) is 28.6 Å². The summed E-state index contributed by atoms with van der Waals surface area (Å²) in [6.45, 7) is 0. The van der Waals surface area contributed by atoms with Crippen LogP contribution in [0.3, 0.4) is 0 Å². The van der Waals surface area contributed by atoms with Crippen molar-refractivity contribution in [2.75, 3.05) is 36.5 Å². The molecule has 2 aromatic carbocycles. The highest BCUT2D eigenvalue weighted by molar-refractivity contribution is 7.83. The monoisotopic (exact) mass is 484 g/mol. The van der Waals surface area contributed by atoms with E-state index < -0.39 is 31.4 Å². The van der Waals surface area contributed by atoms with Gasteiger partial charge in [0.05, 0.1) is 22.3 Å². The first kappa shape index (κ1) is 28.5. The van der Waals surface area contributed by atoms with E-state index >= 15 is 0 Å². The molecule has 0 aliphatic carbocycles. The van der Waals surface area contributed by atoms with Gasteiger partial charge < -0.3 is 11.5 Å². The molecule has 174 valence electrons. The summed E-state index contributed by atoms with van der Waals surface area (Å²) in [6, 6.07) is 8.43. The fourth-order valence-corrected chi connectivity index (χ4v) is 1.80. The Hall–Kier alpha value is -3.52. The number of benzene rings is 2. The molecule has 0 saturated heterocycles. The van der Waals surface area contributed by atoms with Crippen molar-refractivity contribution in [2.45, 2.75) is 0 Å². The minimum Gasteiger partial charge on any atom is -0.393 e. The van der Waals surface area contributed by atoms with Gasteiger partial charge in [0.25, 0.3) is 11.4 Å².